The van der Waals surface area contributed by atoms with E-state index in [0.29, 0.717) is 12.2 Å². The van der Waals surface area contributed by atoms with Gasteiger partial charge in [-0.1, -0.05) is 13.0 Å². The number of sulfonamides is 1. The first-order chi connectivity index (χ1) is 8.86. The number of carbonyl (C=O) groups is 1. The number of hydrogen-bond acceptors (Lipinski definition) is 4. The van der Waals surface area contributed by atoms with Gasteiger partial charge >= 0.3 is 0 Å². The summed E-state index contributed by atoms with van der Waals surface area (Å²) < 4.78 is 26.1. The highest BCUT2D eigenvalue weighted by atomic mass is 32.2. The Morgan fingerprint density at radius 2 is 2.05 bits per heavy atom. The molecule has 0 aromatic heterocycles. The molecule has 19 heavy (non-hydrogen) atoms. The largest absolute Gasteiger partial charge is 0.398 e. The van der Waals surface area contributed by atoms with Gasteiger partial charge in [-0.15, -0.1) is 0 Å². The summed E-state index contributed by atoms with van der Waals surface area (Å²) in [6.45, 7) is 3.95. The lowest BCUT2D eigenvalue weighted by atomic mass is 10.2. The summed E-state index contributed by atoms with van der Waals surface area (Å²) in [4.78, 5) is 11.4. The number of rotatable bonds is 6. The Bertz CT molecular complexity index is 555. The third-order valence-electron chi connectivity index (χ3n) is 2.56. The van der Waals surface area contributed by atoms with Gasteiger partial charge in [0.15, 0.2) is 0 Å². The number of hydrogen-bond donors (Lipinski definition) is 3. The molecule has 0 spiro atoms. The Morgan fingerprint density at radius 3 is 2.63 bits per heavy atom. The van der Waals surface area contributed by atoms with Gasteiger partial charge in [-0.3, -0.25) is 4.79 Å². The molecule has 7 heteroatoms. The molecule has 0 fully saturated rings. The summed E-state index contributed by atoms with van der Waals surface area (Å²) in [5.74, 6) is -0.356. The fraction of sp³-hybridized carbons (Fsp3) is 0.417. The van der Waals surface area contributed by atoms with Gasteiger partial charge in [0.1, 0.15) is 0 Å². The summed E-state index contributed by atoms with van der Waals surface area (Å²) in [5, 5.41) is 2.59. The molecule has 0 heterocycles. The molecule has 1 amide bonds. The van der Waals surface area contributed by atoms with Crippen LogP contribution in [0, 0.1) is 6.92 Å². The van der Waals surface area contributed by atoms with Crippen molar-refractivity contribution >= 4 is 21.6 Å². The third-order valence-corrected chi connectivity index (χ3v) is 3.95. The highest BCUT2D eigenvalue weighted by molar-refractivity contribution is 7.89. The third kappa shape index (κ3) is 4.53. The fourth-order valence-corrected chi connectivity index (χ4v) is 2.37. The van der Waals surface area contributed by atoms with Gasteiger partial charge in [-0.05, 0) is 31.0 Å². The highest BCUT2D eigenvalue weighted by Gasteiger charge is 2.15. The fourth-order valence-electron chi connectivity index (χ4n) is 1.36. The molecule has 106 valence electrons. The van der Waals surface area contributed by atoms with Gasteiger partial charge in [0.05, 0.1) is 11.4 Å². The lowest BCUT2D eigenvalue weighted by molar-refractivity contribution is -0.119. The lowest BCUT2D eigenvalue weighted by Crippen LogP contribution is -2.37. The first-order valence-electron chi connectivity index (χ1n) is 5.99. The van der Waals surface area contributed by atoms with Crippen LogP contribution < -0.4 is 15.8 Å². The van der Waals surface area contributed by atoms with Crippen LogP contribution >= 0.6 is 0 Å². The molecule has 4 N–H and O–H groups in total. The van der Waals surface area contributed by atoms with E-state index in [9.17, 15) is 13.2 Å². The summed E-state index contributed by atoms with van der Waals surface area (Å²) in [7, 11) is -3.71. The standard InChI is InChI=1S/C12H19N3O3S/c1-3-6-14-12(16)8-15-19(17,18)10-5-4-9(2)11(13)7-10/h4-5,7,15H,3,6,8,13H2,1-2H3,(H,14,16). The molecule has 6 nitrogen and oxygen atoms in total. The van der Waals surface area contributed by atoms with Crippen molar-refractivity contribution in [1.29, 1.82) is 0 Å². The molecule has 0 saturated heterocycles. The van der Waals surface area contributed by atoms with Crippen LogP contribution in [-0.2, 0) is 14.8 Å². The molecule has 0 atom stereocenters. The Morgan fingerprint density at radius 1 is 1.37 bits per heavy atom. The molecule has 0 aliphatic rings. The number of aryl methyl sites for hydroxylation is 1. The Kier molecular flexibility index (Phi) is 5.31. The van der Waals surface area contributed by atoms with Crippen molar-refractivity contribution in [3.05, 3.63) is 23.8 Å². The van der Waals surface area contributed by atoms with Crippen LogP contribution in [0.15, 0.2) is 23.1 Å². The molecular formula is C12H19N3O3S. The average molecular weight is 285 g/mol. The molecule has 1 aromatic rings. The second-order valence-electron chi connectivity index (χ2n) is 4.19. The van der Waals surface area contributed by atoms with Gasteiger partial charge in [-0.25, -0.2) is 13.1 Å². The zero-order valence-electron chi connectivity index (χ0n) is 11.1. The second kappa shape index (κ2) is 6.53. The number of amides is 1. The van der Waals surface area contributed by atoms with Gasteiger partial charge in [-0.2, -0.15) is 0 Å². The van der Waals surface area contributed by atoms with Crippen molar-refractivity contribution in [2.45, 2.75) is 25.2 Å². The van der Waals surface area contributed by atoms with Crippen molar-refractivity contribution in [2.24, 2.45) is 0 Å². The summed E-state index contributed by atoms with van der Waals surface area (Å²) in [5.41, 5.74) is 6.87. The maximum absolute atomic E-state index is 11.9. The van der Waals surface area contributed by atoms with Crippen molar-refractivity contribution in [3.63, 3.8) is 0 Å². The minimum atomic E-state index is -3.71. The van der Waals surface area contributed by atoms with Crippen LogP contribution in [0.4, 0.5) is 5.69 Å². The van der Waals surface area contributed by atoms with E-state index in [1.807, 2.05) is 6.92 Å². The Labute approximate surface area is 113 Å². The molecule has 0 aliphatic heterocycles. The molecule has 0 unspecified atom stereocenters. The minimum Gasteiger partial charge on any atom is -0.398 e. The number of nitrogen functional groups attached to an aromatic ring is 1. The summed E-state index contributed by atoms with van der Waals surface area (Å²) >= 11 is 0. The monoisotopic (exact) mass is 285 g/mol. The highest BCUT2D eigenvalue weighted by Crippen LogP contribution is 2.16. The smallest absolute Gasteiger partial charge is 0.241 e. The quantitative estimate of drug-likeness (QED) is 0.658. The van der Waals surface area contributed by atoms with Crippen molar-refractivity contribution in [1.82, 2.24) is 10.0 Å². The summed E-state index contributed by atoms with van der Waals surface area (Å²) in [6.07, 6.45) is 0.799. The predicted octanol–water partition coefficient (Wildman–Crippen LogP) is 0.382. The van der Waals surface area contributed by atoms with Gasteiger partial charge in [0, 0.05) is 12.2 Å². The van der Waals surface area contributed by atoms with Gasteiger partial charge in [0.25, 0.3) is 0 Å². The SMILES string of the molecule is CCCNC(=O)CNS(=O)(=O)c1ccc(C)c(N)c1. The van der Waals surface area contributed by atoms with E-state index < -0.39 is 10.0 Å². The zero-order chi connectivity index (χ0) is 14.5. The first kappa shape index (κ1) is 15.5. The number of nitrogens with one attached hydrogen (secondary N) is 2. The van der Waals surface area contributed by atoms with Crippen LogP contribution in [0.1, 0.15) is 18.9 Å². The van der Waals surface area contributed by atoms with Gasteiger partial charge in [0.2, 0.25) is 15.9 Å². The van der Waals surface area contributed by atoms with E-state index in [1.54, 1.807) is 13.0 Å². The molecule has 0 saturated carbocycles. The number of nitrogens with two attached hydrogens (primary N) is 1. The van der Waals surface area contributed by atoms with Crippen LogP contribution in [-0.4, -0.2) is 27.4 Å². The number of benzene rings is 1. The van der Waals surface area contributed by atoms with Gasteiger partial charge < -0.3 is 11.1 Å². The van der Waals surface area contributed by atoms with Crippen molar-refractivity contribution in [3.8, 4) is 0 Å². The normalized spacial score (nSPS) is 11.3. The van der Waals surface area contributed by atoms with E-state index in [2.05, 4.69) is 10.0 Å². The number of anilines is 1. The maximum Gasteiger partial charge on any atom is 0.241 e. The average Bonchev–Trinajstić information content (AvgIpc) is 2.37. The number of carbonyl (C=O) groups excluding carboxylic acids is 1. The van der Waals surface area contributed by atoms with E-state index in [4.69, 9.17) is 5.73 Å². The minimum absolute atomic E-state index is 0.0545. The van der Waals surface area contributed by atoms with E-state index in [1.165, 1.54) is 12.1 Å². The predicted molar refractivity (Wildman–Crippen MR) is 74.1 cm³/mol. The topological polar surface area (TPSA) is 101 Å². The molecule has 1 aromatic carbocycles. The van der Waals surface area contributed by atoms with Crippen molar-refractivity contribution in [2.75, 3.05) is 18.8 Å². The lowest BCUT2D eigenvalue weighted by Gasteiger charge is -2.08. The molecule has 0 bridgehead atoms. The molecule has 0 radical (unpaired) electrons. The van der Waals surface area contributed by atoms with E-state index in [0.717, 1.165) is 12.0 Å². The Balaban J connectivity index is 2.70. The van der Waals surface area contributed by atoms with Crippen LogP contribution in [0.3, 0.4) is 0 Å². The zero-order valence-corrected chi connectivity index (χ0v) is 11.9. The van der Waals surface area contributed by atoms with Crippen LogP contribution in [0.2, 0.25) is 0 Å². The maximum atomic E-state index is 11.9. The summed E-state index contributed by atoms with van der Waals surface area (Å²) in [6, 6.07) is 4.46. The molecule has 1 rings (SSSR count). The van der Waals surface area contributed by atoms with E-state index in [-0.39, 0.29) is 17.3 Å². The molecule has 0 aliphatic carbocycles. The van der Waals surface area contributed by atoms with Crippen molar-refractivity contribution < 1.29 is 13.2 Å². The van der Waals surface area contributed by atoms with E-state index >= 15 is 0 Å². The Hall–Kier alpha value is -1.60. The molecular weight excluding hydrogens is 266 g/mol. The second-order valence-corrected chi connectivity index (χ2v) is 5.96. The first-order valence-corrected chi connectivity index (χ1v) is 7.47. The van der Waals surface area contributed by atoms with Crippen LogP contribution in [0.25, 0.3) is 0 Å². The van der Waals surface area contributed by atoms with Crippen LogP contribution in [0.5, 0.6) is 0 Å².